The van der Waals surface area contributed by atoms with Crippen LogP contribution in [0.3, 0.4) is 0 Å². The van der Waals surface area contributed by atoms with Crippen molar-refractivity contribution in [3.63, 3.8) is 0 Å². The number of anilines is 2. The molecule has 6 rings (SSSR count). The van der Waals surface area contributed by atoms with Crippen molar-refractivity contribution in [1.82, 2.24) is 20.1 Å². The zero-order valence-corrected chi connectivity index (χ0v) is 26.5. The van der Waals surface area contributed by atoms with E-state index in [0.717, 1.165) is 63.0 Å². The van der Waals surface area contributed by atoms with Crippen molar-refractivity contribution in [2.75, 3.05) is 55.6 Å². The van der Waals surface area contributed by atoms with Gasteiger partial charge in [-0.3, -0.25) is 9.88 Å². The second-order valence-electron chi connectivity index (χ2n) is 13.5. The number of aromatic nitrogens is 1. The smallest absolute Gasteiger partial charge is 0.410 e. The van der Waals surface area contributed by atoms with E-state index in [4.69, 9.17) is 4.74 Å². The number of pyridine rings is 1. The molecule has 3 fully saturated rings. The van der Waals surface area contributed by atoms with Gasteiger partial charge >= 0.3 is 6.09 Å². The highest BCUT2D eigenvalue weighted by Crippen LogP contribution is 2.33. The summed E-state index contributed by atoms with van der Waals surface area (Å²) in [4.78, 5) is 26.3. The fourth-order valence-electron chi connectivity index (χ4n) is 7.05. The van der Waals surface area contributed by atoms with E-state index >= 15 is 0 Å². The van der Waals surface area contributed by atoms with Crippen molar-refractivity contribution in [2.24, 2.45) is 0 Å². The van der Waals surface area contributed by atoms with E-state index < -0.39 is 5.60 Å². The van der Waals surface area contributed by atoms with Crippen molar-refractivity contribution >= 4 is 28.4 Å². The summed E-state index contributed by atoms with van der Waals surface area (Å²) in [7, 11) is 0. The number of hydrogen-bond donors (Lipinski definition) is 1. The molecule has 0 bridgehead atoms. The zero-order chi connectivity index (χ0) is 30.8. The van der Waals surface area contributed by atoms with Crippen molar-refractivity contribution in [1.29, 1.82) is 5.26 Å². The molecule has 0 saturated carbocycles. The Morgan fingerprint density at radius 1 is 1.02 bits per heavy atom. The number of ether oxygens (including phenoxy) is 1. The average Bonchev–Trinajstić information content (AvgIpc) is 3.02. The van der Waals surface area contributed by atoms with Crippen LogP contribution in [0, 0.1) is 11.3 Å². The van der Waals surface area contributed by atoms with E-state index in [1.54, 1.807) is 11.1 Å². The highest BCUT2D eigenvalue weighted by molar-refractivity contribution is 5.95. The molecule has 44 heavy (non-hydrogen) atoms. The number of amides is 1. The van der Waals surface area contributed by atoms with Gasteiger partial charge in [0.25, 0.3) is 0 Å². The molecule has 9 nitrogen and oxygen atoms in total. The van der Waals surface area contributed by atoms with Gasteiger partial charge in [-0.1, -0.05) is 12.1 Å². The van der Waals surface area contributed by atoms with Gasteiger partial charge in [-0.15, -0.1) is 0 Å². The monoisotopic (exact) mass is 595 g/mol. The highest BCUT2D eigenvalue weighted by atomic mass is 16.6. The molecule has 0 radical (unpaired) electrons. The SMILES string of the molecule is C[C@@H]1CN(c2ccc(C#N)c3ncccc23)C[C@@H]2CC(NCc3ccc(N4CCN(C(=O)OC(C)(C)C)CC4)cc3)CCN21. The second-order valence-corrected chi connectivity index (χ2v) is 13.5. The number of carbonyl (C=O) groups is 1. The number of rotatable bonds is 5. The standard InChI is InChI=1S/C35H45N7O2/c1-25-23-41(32-12-9-27(21-36)33-31(32)6-5-14-37-33)24-30-20-28(13-15-42(25)30)38-22-26-7-10-29(11-8-26)39-16-18-40(19-17-39)34(43)44-35(2,3)4/h5-12,14,25,28,30,38H,13,15-20,22-24H2,1-4H3/t25-,28?,30+/m1/s1. The average molecular weight is 596 g/mol. The van der Waals surface area contributed by atoms with Crippen molar-refractivity contribution in [2.45, 2.75) is 70.8 Å². The van der Waals surface area contributed by atoms with Gasteiger partial charge in [-0.05, 0) is 82.5 Å². The van der Waals surface area contributed by atoms with Gasteiger partial charge in [0.15, 0.2) is 0 Å². The van der Waals surface area contributed by atoms with Crippen molar-refractivity contribution < 1.29 is 9.53 Å². The fourth-order valence-corrected chi connectivity index (χ4v) is 7.05. The summed E-state index contributed by atoms with van der Waals surface area (Å²) in [5, 5.41) is 14.5. The van der Waals surface area contributed by atoms with E-state index in [2.05, 4.69) is 74.4 Å². The molecule has 1 unspecified atom stereocenters. The Balaban J connectivity index is 1.02. The minimum absolute atomic E-state index is 0.222. The van der Waals surface area contributed by atoms with Gasteiger partial charge in [0, 0.05) is 93.4 Å². The van der Waals surface area contributed by atoms with Gasteiger partial charge in [-0.2, -0.15) is 5.26 Å². The van der Waals surface area contributed by atoms with Crippen LogP contribution in [-0.4, -0.2) is 90.4 Å². The number of piperidine rings is 1. The Labute approximate surface area is 261 Å². The first-order valence-electron chi connectivity index (χ1n) is 16.0. The Morgan fingerprint density at radius 3 is 2.52 bits per heavy atom. The Morgan fingerprint density at radius 2 is 1.80 bits per heavy atom. The maximum absolute atomic E-state index is 12.4. The van der Waals surface area contributed by atoms with Gasteiger partial charge in [0.2, 0.25) is 0 Å². The molecule has 3 atom stereocenters. The molecule has 0 spiro atoms. The van der Waals surface area contributed by atoms with Crippen LogP contribution in [0.5, 0.6) is 0 Å². The second kappa shape index (κ2) is 12.6. The minimum atomic E-state index is -0.469. The number of nitriles is 1. The normalized spacial score (nSPS) is 22.9. The summed E-state index contributed by atoms with van der Waals surface area (Å²) in [5.74, 6) is 0. The molecule has 4 heterocycles. The maximum atomic E-state index is 12.4. The number of benzene rings is 2. The molecule has 2 aromatic carbocycles. The van der Waals surface area contributed by atoms with E-state index in [9.17, 15) is 10.1 Å². The van der Waals surface area contributed by atoms with Crippen LogP contribution in [0.15, 0.2) is 54.7 Å². The first kappa shape index (κ1) is 30.2. The molecule has 9 heteroatoms. The van der Waals surface area contributed by atoms with E-state index in [1.807, 2.05) is 32.9 Å². The first-order valence-corrected chi connectivity index (χ1v) is 16.0. The Kier molecular flexibility index (Phi) is 8.66. The van der Waals surface area contributed by atoms with E-state index in [-0.39, 0.29) is 6.09 Å². The molecule has 3 saturated heterocycles. The molecule has 3 aliphatic heterocycles. The molecule has 1 amide bonds. The quantitative estimate of drug-likeness (QED) is 0.441. The predicted octanol–water partition coefficient (Wildman–Crippen LogP) is 4.99. The van der Waals surface area contributed by atoms with E-state index in [0.29, 0.717) is 36.8 Å². The number of nitrogens with one attached hydrogen (secondary N) is 1. The molecule has 1 N–H and O–H groups in total. The lowest BCUT2D eigenvalue weighted by Gasteiger charge is -2.50. The molecule has 1 aromatic heterocycles. The Bertz CT molecular complexity index is 1500. The fraction of sp³-hybridized carbons (Fsp3) is 0.514. The number of hydrogen-bond acceptors (Lipinski definition) is 8. The van der Waals surface area contributed by atoms with Crippen LogP contribution in [0.2, 0.25) is 0 Å². The summed E-state index contributed by atoms with van der Waals surface area (Å²) < 4.78 is 5.54. The molecule has 3 aliphatic rings. The van der Waals surface area contributed by atoms with E-state index in [1.165, 1.54) is 16.9 Å². The summed E-state index contributed by atoms with van der Waals surface area (Å²) in [6.45, 7) is 14.9. The van der Waals surface area contributed by atoms with Crippen LogP contribution in [-0.2, 0) is 11.3 Å². The van der Waals surface area contributed by atoms with Gasteiger partial charge in [-0.25, -0.2) is 4.79 Å². The molecule has 0 aliphatic carbocycles. The lowest BCUT2D eigenvalue weighted by molar-refractivity contribution is 0.0240. The third kappa shape index (κ3) is 6.62. The van der Waals surface area contributed by atoms with Crippen LogP contribution >= 0.6 is 0 Å². The summed E-state index contributed by atoms with van der Waals surface area (Å²) in [6, 6.07) is 20.7. The van der Waals surface area contributed by atoms with Crippen LogP contribution in [0.1, 0.15) is 51.7 Å². The summed E-state index contributed by atoms with van der Waals surface area (Å²) in [6.07, 6.45) is 3.82. The lowest BCUT2D eigenvalue weighted by atomic mass is 9.92. The molecular formula is C35H45N7O2. The number of nitrogens with zero attached hydrogens (tertiary/aromatic N) is 6. The van der Waals surface area contributed by atoms with Crippen molar-refractivity contribution in [3.05, 3.63) is 65.9 Å². The largest absolute Gasteiger partial charge is 0.444 e. The van der Waals surface area contributed by atoms with Crippen LogP contribution in [0.25, 0.3) is 10.9 Å². The number of carbonyl (C=O) groups excluding carboxylic acids is 1. The number of fused-ring (bicyclic) bond motifs is 2. The first-order chi connectivity index (χ1) is 21.2. The highest BCUT2D eigenvalue weighted by Gasteiger charge is 2.37. The number of piperazine rings is 2. The van der Waals surface area contributed by atoms with Gasteiger partial charge in [0.05, 0.1) is 11.1 Å². The topological polar surface area (TPSA) is 88.0 Å². The van der Waals surface area contributed by atoms with Crippen LogP contribution in [0.4, 0.5) is 16.2 Å². The predicted molar refractivity (Wildman–Crippen MR) is 175 cm³/mol. The van der Waals surface area contributed by atoms with Gasteiger partial charge in [0.1, 0.15) is 11.7 Å². The Hall–Kier alpha value is -3.87. The lowest BCUT2D eigenvalue weighted by Crippen LogP contribution is -2.62. The third-order valence-corrected chi connectivity index (χ3v) is 9.28. The molecule has 232 valence electrons. The summed E-state index contributed by atoms with van der Waals surface area (Å²) >= 11 is 0. The minimum Gasteiger partial charge on any atom is -0.444 e. The van der Waals surface area contributed by atoms with Gasteiger partial charge < -0.3 is 24.8 Å². The third-order valence-electron chi connectivity index (χ3n) is 9.28. The zero-order valence-electron chi connectivity index (χ0n) is 26.5. The van der Waals surface area contributed by atoms with Crippen molar-refractivity contribution in [3.8, 4) is 6.07 Å². The summed E-state index contributed by atoms with van der Waals surface area (Å²) in [5.41, 5.74) is 4.63. The molecular weight excluding hydrogens is 550 g/mol. The molecule has 3 aromatic rings. The van der Waals surface area contributed by atoms with Crippen LogP contribution < -0.4 is 15.1 Å². The maximum Gasteiger partial charge on any atom is 0.410 e.